The molecule has 0 bridgehead atoms. The van der Waals surface area contributed by atoms with E-state index in [-0.39, 0.29) is 11.1 Å². The third-order valence-corrected chi connectivity index (χ3v) is 3.35. The second kappa shape index (κ2) is 7.62. The standard InChI is InChI=1S/C15H22O5/c1-2-3-4-5-6-7-8-10-11(15(19)20)9-12(16)14(18)13(10)17/h9,16-18H,2-8H2,1H3,(H,19,20)/p-1. The van der Waals surface area contributed by atoms with Crippen molar-refractivity contribution in [3.8, 4) is 17.2 Å². The summed E-state index contributed by atoms with van der Waals surface area (Å²) in [7, 11) is 0. The van der Waals surface area contributed by atoms with Gasteiger partial charge in [-0.25, -0.2) is 4.79 Å². The number of hydrogen-bond donors (Lipinski definition) is 3. The molecule has 0 amide bonds. The number of aromatic carboxylic acids is 1. The maximum absolute atomic E-state index is 11.8. The number of aromatic hydroxyl groups is 2. The molecular formula is C15H21O5-. The molecule has 0 spiro atoms. The first-order chi connectivity index (χ1) is 9.49. The van der Waals surface area contributed by atoms with Crippen LogP contribution in [-0.2, 0) is 6.42 Å². The number of phenolic OH excluding ortho intramolecular Hbond substituents is 2. The number of rotatable bonds is 8. The lowest BCUT2D eigenvalue weighted by Crippen LogP contribution is -2.07. The van der Waals surface area contributed by atoms with E-state index < -0.39 is 23.2 Å². The topological polar surface area (TPSA) is 101 Å². The quantitative estimate of drug-likeness (QED) is 0.502. The Morgan fingerprint density at radius 2 is 1.75 bits per heavy atom. The van der Waals surface area contributed by atoms with E-state index in [1.807, 2.05) is 0 Å². The second-order valence-electron chi connectivity index (χ2n) is 4.92. The molecule has 5 nitrogen and oxygen atoms in total. The molecule has 3 N–H and O–H groups in total. The molecule has 20 heavy (non-hydrogen) atoms. The summed E-state index contributed by atoms with van der Waals surface area (Å²) in [6.07, 6.45) is 6.43. The predicted octanol–water partition coefficient (Wildman–Crippen LogP) is 2.77. The number of carboxylic acids is 1. The van der Waals surface area contributed by atoms with Crippen molar-refractivity contribution in [3.05, 3.63) is 17.2 Å². The van der Waals surface area contributed by atoms with Crippen LogP contribution in [0.25, 0.3) is 0 Å². The first-order valence-corrected chi connectivity index (χ1v) is 6.97. The van der Waals surface area contributed by atoms with E-state index in [0.717, 1.165) is 31.7 Å². The van der Waals surface area contributed by atoms with Gasteiger partial charge in [0.2, 0.25) is 0 Å². The van der Waals surface area contributed by atoms with Crippen molar-refractivity contribution in [1.29, 1.82) is 0 Å². The zero-order valence-corrected chi connectivity index (χ0v) is 11.7. The summed E-state index contributed by atoms with van der Waals surface area (Å²) in [6.45, 7) is 2.13. The Hall–Kier alpha value is -1.91. The molecule has 0 atom stereocenters. The largest absolute Gasteiger partial charge is 0.870 e. The van der Waals surface area contributed by atoms with Crippen molar-refractivity contribution in [1.82, 2.24) is 0 Å². The van der Waals surface area contributed by atoms with Gasteiger partial charge in [-0.2, -0.15) is 0 Å². The lowest BCUT2D eigenvalue weighted by atomic mass is 9.98. The molecular weight excluding hydrogens is 260 g/mol. The lowest BCUT2D eigenvalue weighted by molar-refractivity contribution is -0.271. The number of benzene rings is 1. The molecule has 112 valence electrons. The average molecular weight is 281 g/mol. The number of carbonyl (C=O) groups is 1. The fourth-order valence-corrected chi connectivity index (χ4v) is 2.19. The monoisotopic (exact) mass is 281 g/mol. The summed E-state index contributed by atoms with van der Waals surface area (Å²) in [5, 5.41) is 39.6. The molecule has 0 heterocycles. The van der Waals surface area contributed by atoms with Crippen molar-refractivity contribution >= 4 is 5.97 Å². The highest BCUT2D eigenvalue weighted by Crippen LogP contribution is 2.38. The highest BCUT2D eigenvalue weighted by Gasteiger charge is 2.16. The molecule has 0 fully saturated rings. The Labute approximate surface area is 118 Å². The SMILES string of the molecule is CCCCCCCCc1c(C(=O)O)cc(O)c(O)c1[O-]. The zero-order valence-electron chi connectivity index (χ0n) is 11.7. The Bertz CT molecular complexity index is 468. The Morgan fingerprint density at radius 3 is 2.35 bits per heavy atom. The van der Waals surface area contributed by atoms with Gasteiger partial charge in [0.25, 0.3) is 0 Å². The van der Waals surface area contributed by atoms with Crippen molar-refractivity contribution in [2.45, 2.75) is 51.9 Å². The summed E-state index contributed by atoms with van der Waals surface area (Å²) in [4.78, 5) is 11.1. The maximum atomic E-state index is 11.8. The molecule has 0 aromatic heterocycles. The normalized spacial score (nSPS) is 10.7. The van der Waals surface area contributed by atoms with Crippen molar-refractivity contribution in [3.63, 3.8) is 0 Å². The Kier molecular flexibility index (Phi) is 6.15. The minimum Gasteiger partial charge on any atom is -0.870 e. The number of hydrogen-bond acceptors (Lipinski definition) is 4. The van der Waals surface area contributed by atoms with Gasteiger partial charge in [-0.15, -0.1) is 0 Å². The molecule has 1 aromatic rings. The van der Waals surface area contributed by atoms with Crippen LogP contribution < -0.4 is 5.11 Å². The van der Waals surface area contributed by atoms with Crippen molar-refractivity contribution < 1.29 is 25.2 Å². The summed E-state index contributed by atoms with van der Waals surface area (Å²) in [6, 6.07) is 0.936. The van der Waals surface area contributed by atoms with Gasteiger partial charge in [-0.1, -0.05) is 44.8 Å². The maximum Gasteiger partial charge on any atom is 0.336 e. The van der Waals surface area contributed by atoms with Crippen LogP contribution in [0.3, 0.4) is 0 Å². The molecule has 0 saturated carbocycles. The summed E-state index contributed by atoms with van der Waals surface area (Å²) < 4.78 is 0. The van der Waals surface area contributed by atoms with Crippen LogP contribution in [0.1, 0.15) is 61.4 Å². The van der Waals surface area contributed by atoms with Gasteiger partial charge in [-0.3, -0.25) is 0 Å². The minimum atomic E-state index is -1.27. The highest BCUT2D eigenvalue weighted by atomic mass is 16.4. The van der Waals surface area contributed by atoms with Gasteiger partial charge in [0.15, 0.2) is 5.75 Å². The van der Waals surface area contributed by atoms with Crippen LogP contribution in [0.4, 0.5) is 0 Å². The van der Waals surface area contributed by atoms with E-state index >= 15 is 0 Å². The van der Waals surface area contributed by atoms with Crippen LogP contribution in [0.15, 0.2) is 6.07 Å². The molecule has 0 aliphatic rings. The molecule has 5 heteroatoms. The highest BCUT2D eigenvalue weighted by molar-refractivity contribution is 5.91. The predicted molar refractivity (Wildman–Crippen MR) is 73.3 cm³/mol. The molecule has 0 radical (unpaired) electrons. The lowest BCUT2D eigenvalue weighted by Gasteiger charge is -2.18. The van der Waals surface area contributed by atoms with Crippen LogP contribution in [0, 0.1) is 0 Å². The summed E-state index contributed by atoms with van der Waals surface area (Å²) >= 11 is 0. The molecule has 0 aliphatic carbocycles. The first-order valence-electron chi connectivity index (χ1n) is 6.97. The van der Waals surface area contributed by atoms with Gasteiger partial charge >= 0.3 is 5.97 Å². The van der Waals surface area contributed by atoms with Crippen LogP contribution in [-0.4, -0.2) is 21.3 Å². The first kappa shape index (κ1) is 16.1. The fraction of sp³-hybridized carbons (Fsp3) is 0.533. The third-order valence-electron chi connectivity index (χ3n) is 3.35. The van der Waals surface area contributed by atoms with Crippen molar-refractivity contribution in [2.75, 3.05) is 0 Å². The van der Waals surface area contributed by atoms with Gasteiger partial charge in [0.1, 0.15) is 5.75 Å². The fourth-order valence-electron chi connectivity index (χ4n) is 2.19. The van der Waals surface area contributed by atoms with Crippen LogP contribution >= 0.6 is 0 Å². The van der Waals surface area contributed by atoms with E-state index in [9.17, 15) is 20.1 Å². The third kappa shape index (κ3) is 4.05. The number of unbranched alkanes of at least 4 members (excludes halogenated alkanes) is 5. The molecule has 0 aliphatic heterocycles. The van der Waals surface area contributed by atoms with E-state index in [1.54, 1.807) is 0 Å². The van der Waals surface area contributed by atoms with Crippen LogP contribution in [0.2, 0.25) is 0 Å². The van der Waals surface area contributed by atoms with E-state index in [4.69, 9.17) is 5.11 Å². The van der Waals surface area contributed by atoms with Gasteiger partial charge in [-0.05, 0) is 24.5 Å². The second-order valence-corrected chi connectivity index (χ2v) is 4.92. The molecule has 0 saturated heterocycles. The Morgan fingerprint density at radius 1 is 1.15 bits per heavy atom. The summed E-state index contributed by atoms with van der Waals surface area (Å²) in [5.74, 6) is -3.50. The molecule has 1 aromatic carbocycles. The van der Waals surface area contributed by atoms with Crippen LogP contribution in [0.5, 0.6) is 17.2 Å². The van der Waals surface area contributed by atoms with Crippen molar-refractivity contribution in [2.24, 2.45) is 0 Å². The Balaban J connectivity index is 2.73. The van der Waals surface area contributed by atoms with Gasteiger partial charge < -0.3 is 20.4 Å². The van der Waals surface area contributed by atoms with E-state index in [0.29, 0.717) is 12.8 Å². The van der Waals surface area contributed by atoms with Gasteiger partial charge in [0.05, 0.1) is 5.56 Å². The number of phenols is 2. The van der Waals surface area contributed by atoms with Gasteiger partial charge in [0, 0.05) is 0 Å². The van der Waals surface area contributed by atoms with E-state index in [1.165, 1.54) is 6.42 Å². The summed E-state index contributed by atoms with van der Waals surface area (Å²) in [5.41, 5.74) is -0.151. The molecule has 1 rings (SSSR count). The molecule has 0 unspecified atom stereocenters. The van der Waals surface area contributed by atoms with E-state index in [2.05, 4.69) is 6.92 Å². The average Bonchev–Trinajstić information content (AvgIpc) is 2.41. The smallest absolute Gasteiger partial charge is 0.336 e. The minimum absolute atomic E-state index is 0.0725. The number of carboxylic acid groups (broad SMARTS) is 1. The zero-order chi connectivity index (χ0) is 15.1.